The van der Waals surface area contributed by atoms with Gasteiger partial charge in [-0.1, -0.05) is 19.9 Å². The molecule has 3 nitrogen and oxygen atoms in total. The molecule has 0 aliphatic rings. The summed E-state index contributed by atoms with van der Waals surface area (Å²) in [6.45, 7) is 5.96. The molecule has 4 heteroatoms. The van der Waals surface area contributed by atoms with Gasteiger partial charge in [-0.3, -0.25) is 4.79 Å². The zero-order chi connectivity index (χ0) is 11.8. The number of ether oxygens (including phenoxy) is 1. The van der Waals surface area contributed by atoms with Gasteiger partial charge in [0.15, 0.2) is 0 Å². The van der Waals surface area contributed by atoms with E-state index in [4.69, 9.17) is 4.74 Å². The maximum Gasteiger partial charge on any atom is 0.309 e. The fourth-order valence-corrected chi connectivity index (χ4v) is 1.98. The molecule has 0 spiro atoms. The van der Waals surface area contributed by atoms with E-state index in [1.54, 1.807) is 11.3 Å². The quantitative estimate of drug-likeness (QED) is 0.743. The number of nitrogens with one attached hydrogen (secondary N) is 1. The minimum absolute atomic E-state index is 0.0664. The van der Waals surface area contributed by atoms with Gasteiger partial charge < -0.3 is 10.1 Å². The zero-order valence-electron chi connectivity index (χ0n) is 9.86. The van der Waals surface area contributed by atoms with E-state index in [9.17, 15) is 4.79 Å². The second-order valence-electron chi connectivity index (χ2n) is 3.71. The van der Waals surface area contributed by atoms with Gasteiger partial charge in [0, 0.05) is 17.8 Å². The Morgan fingerprint density at radius 1 is 1.62 bits per heavy atom. The first-order valence-corrected chi connectivity index (χ1v) is 6.51. The molecule has 0 aromatic carbocycles. The monoisotopic (exact) mass is 241 g/mol. The molecule has 1 unspecified atom stereocenters. The van der Waals surface area contributed by atoms with Crippen molar-refractivity contribution < 1.29 is 9.53 Å². The van der Waals surface area contributed by atoms with Gasteiger partial charge >= 0.3 is 5.97 Å². The second-order valence-corrected chi connectivity index (χ2v) is 4.74. The van der Waals surface area contributed by atoms with Crippen LogP contribution in [0.2, 0.25) is 0 Å². The average molecular weight is 241 g/mol. The molecule has 90 valence electrons. The molecule has 16 heavy (non-hydrogen) atoms. The molecular weight excluding hydrogens is 222 g/mol. The summed E-state index contributed by atoms with van der Waals surface area (Å²) < 4.78 is 5.20. The molecule has 1 atom stereocenters. The number of thiophene rings is 1. The molecule has 0 aliphatic heterocycles. The molecule has 0 saturated heterocycles. The molecule has 1 aromatic rings. The summed E-state index contributed by atoms with van der Waals surface area (Å²) in [7, 11) is 0. The number of carbonyl (C=O) groups is 1. The highest BCUT2D eigenvalue weighted by atomic mass is 32.1. The van der Waals surface area contributed by atoms with Crippen molar-refractivity contribution in [2.75, 3.05) is 19.7 Å². The Bertz CT molecular complexity index is 298. The number of esters is 1. The van der Waals surface area contributed by atoms with Gasteiger partial charge in [0.05, 0.1) is 12.5 Å². The van der Waals surface area contributed by atoms with Crippen LogP contribution in [0.25, 0.3) is 0 Å². The molecule has 0 radical (unpaired) electrons. The Balaban J connectivity index is 2.14. The van der Waals surface area contributed by atoms with E-state index in [0.717, 1.165) is 13.0 Å². The average Bonchev–Trinajstić information content (AvgIpc) is 2.78. The van der Waals surface area contributed by atoms with E-state index < -0.39 is 0 Å². The van der Waals surface area contributed by atoms with Crippen molar-refractivity contribution in [3.05, 3.63) is 22.4 Å². The van der Waals surface area contributed by atoms with Gasteiger partial charge in [0.1, 0.15) is 0 Å². The highest BCUT2D eigenvalue weighted by Crippen LogP contribution is 2.09. The summed E-state index contributed by atoms with van der Waals surface area (Å²) >= 11 is 1.69. The molecule has 1 rings (SSSR count). The van der Waals surface area contributed by atoms with Crippen LogP contribution < -0.4 is 5.32 Å². The SMILES string of the molecule is CCNCC(C)C(=O)OCCc1cccs1. The van der Waals surface area contributed by atoms with E-state index in [0.29, 0.717) is 13.2 Å². The van der Waals surface area contributed by atoms with Gasteiger partial charge in [-0.15, -0.1) is 11.3 Å². The highest BCUT2D eigenvalue weighted by molar-refractivity contribution is 7.09. The Morgan fingerprint density at radius 2 is 2.44 bits per heavy atom. The lowest BCUT2D eigenvalue weighted by Crippen LogP contribution is -2.28. The third kappa shape index (κ3) is 4.77. The van der Waals surface area contributed by atoms with Crippen molar-refractivity contribution in [2.45, 2.75) is 20.3 Å². The molecule has 1 N–H and O–H groups in total. The molecule has 1 heterocycles. The molecule has 0 fully saturated rings. The summed E-state index contributed by atoms with van der Waals surface area (Å²) in [5.74, 6) is -0.180. The highest BCUT2D eigenvalue weighted by Gasteiger charge is 2.13. The second kappa shape index (κ2) is 7.41. The van der Waals surface area contributed by atoms with E-state index in [2.05, 4.69) is 11.4 Å². The van der Waals surface area contributed by atoms with Gasteiger partial charge in [0.25, 0.3) is 0 Å². The van der Waals surface area contributed by atoms with Crippen LogP contribution >= 0.6 is 11.3 Å². The summed E-state index contributed by atoms with van der Waals surface area (Å²) in [4.78, 5) is 12.8. The van der Waals surface area contributed by atoms with Gasteiger partial charge in [0.2, 0.25) is 0 Å². The first-order valence-electron chi connectivity index (χ1n) is 5.63. The number of hydrogen-bond donors (Lipinski definition) is 1. The summed E-state index contributed by atoms with van der Waals surface area (Å²) in [6, 6.07) is 4.07. The maximum atomic E-state index is 11.5. The minimum Gasteiger partial charge on any atom is -0.465 e. The molecule has 0 amide bonds. The molecule has 0 bridgehead atoms. The molecular formula is C12H19NO2S. The Hall–Kier alpha value is -0.870. The first-order chi connectivity index (χ1) is 7.74. The standard InChI is InChI=1S/C12H19NO2S/c1-3-13-9-10(2)12(14)15-7-6-11-5-4-8-16-11/h4-5,8,10,13H,3,6-7,9H2,1-2H3. The maximum absolute atomic E-state index is 11.5. The Labute approximate surface area is 101 Å². The van der Waals surface area contributed by atoms with E-state index in [1.807, 2.05) is 25.3 Å². The van der Waals surface area contributed by atoms with Crippen LogP contribution in [0.5, 0.6) is 0 Å². The largest absolute Gasteiger partial charge is 0.465 e. The number of hydrogen-bond acceptors (Lipinski definition) is 4. The van der Waals surface area contributed by atoms with E-state index in [-0.39, 0.29) is 11.9 Å². The molecule has 1 aromatic heterocycles. The van der Waals surface area contributed by atoms with E-state index in [1.165, 1.54) is 4.88 Å². The van der Waals surface area contributed by atoms with Crippen molar-refractivity contribution in [2.24, 2.45) is 5.92 Å². The van der Waals surface area contributed by atoms with Crippen LogP contribution in [0.4, 0.5) is 0 Å². The Kier molecular flexibility index (Phi) is 6.11. The lowest BCUT2D eigenvalue weighted by molar-refractivity contribution is -0.147. The third-order valence-electron chi connectivity index (χ3n) is 2.28. The molecule has 0 aliphatic carbocycles. The number of carbonyl (C=O) groups excluding carboxylic acids is 1. The fraction of sp³-hybridized carbons (Fsp3) is 0.583. The van der Waals surface area contributed by atoms with Gasteiger partial charge in [-0.25, -0.2) is 0 Å². The Morgan fingerprint density at radius 3 is 3.06 bits per heavy atom. The van der Waals surface area contributed by atoms with Gasteiger partial charge in [-0.2, -0.15) is 0 Å². The van der Waals surface area contributed by atoms with Crippen molar-refractivity contribution in [3.63, 3.8) is 0 Å². The normalized spacial score (nSPS) is 12.4. The van der Waals surface area contributed by atoms with Gasteiger partial charge in [-0.05, 0) is 18.0 Å². The van der Waals surface area contributed by atoms with Crippen LogP contribution in [0.1, 0.15) is 18.7 Å². The fourth-order valence-electron chi connectivity index (χ4n) is 1.29. The van der Waals surface area contributed by atoms with Crippen LogP contribution in [-0.4, -0.2) is 25.7 Å². The van der Waals surface area contributed by atoms with Crippen LogP contribution in [0.15, 0.2) is 17.5 Å². The van der Waals surface area contributed by atoms with Crippen LogP contribution in [-0.2, 0) is 16.0 Å². The van der Waals surface area contributed by atoms with Crippen molar-refractivity contribution >= 4 is 17.3 Å². The van der Waals surface area contributed by atoms with Crippen LogP contribution in [0.3, 0.4) is 0 Å². The summed E-state index contributed by atoms with van der Waals surface area (Å²) in [5.41, 5.74) is 0. The lowest BCUT2D eigenvalue weighted by atomic mass is 10.2. The van der Waals surface area contributed by atoms with Crippen molar-refractivity contribution in [1.29, 1.82) is 0 Å². The zero-order valence-corrected chi connectivity index (χ0v) is 10.7. The topological polar surface area (TPSA) is 38.3 Å². The first kappa shape index (κ1) is 13.2. The van der Waals surface area contributed by atoms with Crippen LogP contribution in [0, 0.1) is 5.92 Å². The summed E-state index contributed by atoms with van der Waals surface area (Å²) in [5, 5.41) is 5.17. The number of rotatable bonds is 7. The lowest BCUT2D eigenvalue weighted by Gasteiger charge is -2.11. The third-order valence-corrected chi connectivity index (χ3v) is 3.21. The predicted octanol–water partition coefficient (Wildman–Crippen LogP) is 2.08. The predicted molar refractivity (Wildman–Crippen MR) is 66.7 cm³/mol. The summed E-state index contributed by atoms with van der Waals surface area (Å²) in [6.07, 6.45) is 0.817. The minimum atomic E-state index is -0.113. The van der Waals surface area contributed by atoms with E-state index >= 15 is 0 Å². The molecule has 0 saturated carbocycles. The smallest absolute Gasteiger partial charge is 0.309 e. The van der Waals surface area contributed by atoms with Crippen molar-refractivity contribution in [3.8, 4) is 0 Å². The van der Waals surface area contributed by atoms with Crippen molar-refractivity contribution in [1.82, 2.24) is 5.32 Å².